The number of rotatable bonds is 6. The summed E-state index contributed by atoms with van der Waals surface area (Å²) in [7, 11) is 1.85. The number of ether oxygens (including phenoxy) is 1. The van der Waals surface area contributed by atoms with Crippen LogP contribution in [0.3, 0.4) is 0 Å². The number of imidazole rings is 1. The molecule has 0 bridgehead atoms. The molecule has 25 heavy (non-hydrogen) atoms. The molecule has 1 amide bonds. The van der Waals surface area contributed by atoms with Gasteiger partial charge in [-0.3, -0.25) is 9.48 Å². The zero-order valence-electron chi connectivity index (χ0n) is 15.0. The summed E-state index contributed by atoms with van der Waals surface area (Å²) in [4.78, 5) is 16.5. The molecule has 0 atom stereocenters. The highest BCUT2D eigenvalue weighted by molar-refractivity contribution is 6.02. The first kappa shape index (κ1) is 17.0. The van der Waals surface area contributed by atoms with E-state index in [1.165, 1.54) is 0 Å². The third kappa shape index (κ3) is 3.65. The molecule has 2 heterocycles. The molecule has 0 spiro atoms. The van der Waals surface area contributed by atoms with Gasteiger partial charge in [-0.15, -0.1) is 0 Å². The highest BCUT2D eigenvalue weighted by atomic mass is 16.5. The Morgan fingerprint density at radius 3 is 2.84 bits per heavy atom. The maximum atomic E-state index is 12.4. The molecule has 0 aliphatic heterocycles. The molecule has 1 aromatic carbocycles. The Morgan fingerprint density at radius 2 is 2.16 bits per heavy atom. The minimum Gasteiger partial charge on any atom is -0.490 e. The number of nitrogens with one attached hydrogen (secondary N) is 1. The van der Waals surface area contributed by atoms with Crippen LogP contribution in [-0.2, 0) is 18.4 Å². The number of aryl methyl sites for hydroxylation is 3. The molecule has 0 unspecified atom stereocenters. The number of nitrogens with zero attached hydrogens (tertiary/aromatic N) is 4. The molecule has 0 radical (unpaired) electrons. The van der Waals surface area contributed by atoms with Crippen LogP contribution in [0.15, 0.2) is 30.6 Å². The number of anilines is 1. The summed E-state index contributed by atoms with van der Waals surface area (Å²) in [6.45, 7) is 6.44. The van der Waals surface area contributed by atoms with E-state index in [1.807, 2.05) is 56.8 Å². The smallest absolute Gasteiger partial charge is 0.227 e. The predicted octanol–water partition coefficient (Wildman–Crippen LogP) is 2.89. The average molecular weight is 341 g/mol. The second kappa shape index (κ2) is 6.96. The summed E-state index contributed by atoms with van der Waals surface area (Å²) >= 11 is 0. The Hall–Kier alpha value is -2.83. The minimum atomic E-state index is -0.0903. The molecule has 132 valence electrons. The Balaban J connectivity index is 1.80. The lowest BCUT2D eigenvalue weighted by Gasteiger charge is -2.11. The number of amides is 1. The maximum Gasteiger partial charge on any atom is 0.227 e. The van der Waals surface area contributed by atoms with Crippen LogP contribution in [0.25, 0.3) is 10.9 Å². The van der Waals surface area contributed by atoms with E-state index in [0.717, 1.165) is 22.5 Å². The van der Waals surface area contributed by atoms with E-state index in [9.17, 15) is 4.79 Å². The molecule has 0 aliphatic rings. The largest absolute Gasteiger partial charge is 0.490 e. The van der Waals surface area contributed by atoms with Crippen molar-refractivity contribution in [3.8, 4) is 5.75 Å². The first-order chi connectivity index (χ1) is 12.0. The van der Waals surface area contributed by atoms with Gasteiger partial charge in [-0.2, -0.15) is 5.10 Å². The van der Waals surface area contributed by atoms with Crippen molar-refractivity contribution in [3.63, 3.8) is 0 Å². The second-order valence-corrected chi connectivity index (χ2v) is 6.26. The molecule has 1 N–H and O–H groups in total. The van der Waals surface area contributed by atoms with Crippen LogP contribution in [0.2, 0.25) is 0 Å². The number of hydrogen-bond acceptors (Lipinski definition) is 4. The molecule has 3 rings (SSSR count). The van der Waals surface area contributed by atoms with Gasteiger partial charge in [0, 0.05) is 32.4 Å². The molecule has 7 nitrogen and oxygen atoms in total. The van der Waals surface area contributed by atoms with Crippen molar-refractivity contribution in [1.82, 2.24) is 19.3 Å². The summed E-state index contributed by atoms with van der Waals surface area (Å²) < 4.78 is 9.58. The normalized spacial score (nSPS) is 11.2. The predicted molar refractivity (Wildman–Crippen MR) is 96.7 cm³/mol. The quantitative estimate of drug-likeness (QED) is 0.748. The first-order valence-electron chi connectivity index (χ1n) is 8.35. The van der Waals surface area contributed by atoms with Crippen LogP contribution in [0, 0.1) is 6.92 Å². The number of benzene rings is 1. The zero-order chi connectivity index (χ0) is 18.0. The van der Waals surface area contributed by atoms with Gasteiger partial charge >= 0.3 is 0 Å². The summed E-state index contributed by atoms with van der Waals surface area (Å²) in [5.74, 6) is 2.05. The van der Waals surface area contributed by atoms with Gasteiger partial charge in [0.1, 0.15) is 11.6 Å². The van der Waals surface area contributed by atoms with Crippen molar-refractivity contribution in [1.29, 1.82) is 0 Å². The monoisotopic (exact) mass is 341 g/mol. The number of aromatic nitrogens is 4. The van der Waals surface area contributed by atoms with Gasteiger partial charge in [-0.1, -0.05) is 6.07 Å². The van der Waals surface area contributed by atoms with Gasteiger partial charge in [0.15, 0.2) is 5.82 Å². The van der Waals surface area contributed by atoms with Gasteiger partial charge in [0.25, 0.3) is 0 Å². The van der Waals surface area contributed by atoms with E-state index < -0.39 is 0 Å². The summed E-state index contributed by atoms with van der Waals surface area (Å²) in [6.07, 6.45) is 3.99. The number of fused-ring (bicyclic) bond motifs is 1. The van der Waals surface area contributed by atoms with E-state index in [-0.39, 0.29) is 12.0 Å². The van der Waals surface area contributed by atoms with Crippen molar-refractivity contribution in [2.24, 2.45) is 7.05 Å². The lowest BCUT2D eigenvalue weighted by Crippen LogP contribution is -2.15. The fourth-order valence-electron chi connectivity index (χ4n) is 2.78. The maximum absolute atomic E-state index is 12.4. The van der Waals surface area contributed by atoms with Crippen LogP contribution >= 0.6 is 0 Å². The number of carbonyl (C=O) groups excluding carboxylic acids is 1. The van der Waals surface area contributed by atoms with Crippen LogP contribution in [0.4, 0.5) is 5.82 Å². The van der Waals surface area contributed by atoms with Gasteiger partial charge in [-0.05, 0) is 32.9 Å². The van der Waals surface area contributed by atoms with Crippen LogP contribution in [-0.4, -0.2) is 31.3 Å². The Kier molecular flexibility index (Phi) is 4.74. The van der Waals surface area contributed by atoms with E-state index in [0.29, 0.717) is 18.8 Å². The van der Waals surface area contributed by atoms with Gasteiger partial charge in [0.05, 0.1) is 17.0 Å². The fourth-order valence-corrected chi connectivity index (χ4v) is 2.78. The van der Waals surface area contributed by atoms with Crippen LogP contribution < -0.4 is 10.1 Å². The molecule has 0 saturated carbocycles. The third-order valence-electron chi connectivity index (χ3n) is 3.96. The molecule has 2 aromatic heterocycles. The average Bonchev–Trinajstić information content (AvgIpc) is 3.09. The zero-order valence-corrected chi connectivity index (χ0v) is 15.0. The standard InChI is InChI=1S/C18H23N5O2/c1-12(2)25-15-7-5-6-14-17(15)18(21-22(14)4)20-16(24)8-10-23-11-9-19-13(23)3/h5-7,9,11-12H,8,10H2,1-4H3,(H,20,21,24). The van der Waals surface area contributed by atoms with E-state index in [1.54, 1.807) is 10.9 Å². The van der Waals surface area contributed by atoms with E-state index in [4.69, 9.17) is 4.74 Å². The first-order valence-corrected chi connectivity index (χ1v) is 8.35. The second-order valence-electron chi connectivity index (χ2n) is 6.26. The van der Waals surface area contributed by atoms with Gasteiger partial charge in [-0.25, -0.2) is 4.98 Å². The van der Waals surface area contributed by atoms with Gasteiger partial charge in [0.2, 0.25) is 5.91 Å². The lowest BCUT2D eigenvalue weighted by atomic mass is 10.2. The molecule has 3 aromatic rings. The van der Waals surface area contributed by atoms with Crippen molar-refractivity contribution < 1.29 is 9.53 Å². The Labute approximate surface area is 146 Å². The third-order valence-corrected chi connectivity index (χ3v) is 3.96. The van der Waals surface area contributed by atoms with Crippen molar-refractivity contribution in [2.75, 3.05) is 5.32 Å². The van der Waals surface area contributed by atoms with Crippen LogP contribution in [0.1, 0.15) is 26.1 Å². The molecule has 0 aliphatic carbocycles. The lowest BCUT2D eigenvalue weighted by molar-refractivity contribution is -0.116. The van der Waals surface area contributed by atoms with Crippen molar-refractivity contribution in [2.45, 2.75) is 39.8 Å². The van der Waals surface area contributed by atoms with Crippen molar-refractivity contribution >= 4 is 22.6 Å². The fraction of sp³-hybridized carbons (Fsp3) is 0.389. The summed E-state index contributed by atoms with van der Waals surface area (Å²) in [5.41, 5.74) is 0.916. The summed E-state index contributed by atoms with van der Waals surface area (Å²) in [5, 5.41) is 8.19. The van der Waals surface area contributed by atoms with E-state index in [2.05, 4.69) is 15.4 Å². The van der Waals surface area contributed by atoms with Crippen molar-refractivity contribution in [3.05, 3.63) is 36.4 Å². The number of carbonyl (C=O) groups is 1. The topological polar surface area (TPSA) is 74.0 Å². The van der Waals surface area contributed by atoms with Crippen LogP contribution in [0.5, 0.6) is 5.75 Å². The highest BCUT2D eigenvalue weighted by Gasteiger charge is 2.16. The Bertz CT molecular complexity index is 894. The molecular weight excluding hydrogens is 318 g/mol. The Morgan fingerprint density at radius 1 is 1.36 bits per heavy atom. The van der Waals surface area contributed by atoms with E-state index >= 15 is 0 Å². The van der Waals surface area contributed by atoms with Gasteiger partial charge < -0.3 is 14.6 Å². The highest BCUT2D eigenvalue weighted by Crippen LogP contribution is 2.32. The molecule has 0 fully saturated rings. The molecule has 0 saturated heterocycles. The summed E-state index contributed by atoms with van der Waals surface area (Å²) in [6, 6.07) is 5.78. The minimum absolute atomic E-state index is 0.0403. The number of hydrogen-bond donors (Lipinski definition) is 1. The molecular formula is C18H23N5O2. The SMILES string of the molecule is Cc1nccn1CCC(=O)Nc1nn(C)c2cccc(OC(C)C)c12. The molecule has 7 heteroatoms.